The zero-order valence-corrected chi connectivity index (χ0v) is 10.9. The van der Waals surface area contributed by atoms with E-state index < -0.39 is 0 Å². The fraction of sp³-hybridized carbons (Fsp3) is 1.00. The number of nitrogens with one attached hydrogen (secondary N) is 1. The van der Waals surface area contributed by atoms with Crippen molar-refractivity contribution in [2.24, 2.45) is 5.92 Å². The van der Waals surface area contributed by atoms with Crippen LogP contribution >= 0.6 is 11.8 Å². The van der Waals surface area contributed by atoms with Gasteiger partial charge in [0.1, 0.15) is 0 Å². The van der Waals surface area contributed by atoms with Crippen LogP contribution in [0.15, 0.2) is 0 Å². The molecular weight excluding hydrogens is 194 g/mol. The Morgan fingerprint density at radius 3 is 2.21 bits per heavy atom. The van der Waals surface area contributed by atoms with E-state index in [0.717, 1.165) is 5.75 Å². The lowest BCUT2D eigenvalue weighted by molar-refractivity contribution is 0.196. The average Bonchev–Trinajstić information content (AvgIpc) is 2.17. The first kappa shape index (κ1) is 14.3. The Labute approximate surface area is 92.9 Å². The van der Waals surface area contributed by atoms with Gasteiger partial charge in [0.05, 0.1) is 6.10 Å². The number of rotatable bonds is 7. The Morgan fingerprint density at radius 1 is 1.29 bits per heavy atom. The molecule has 0 radical (unpaired) electrons. The first-order valence-corrected chi connectivity index (χ1v) is 6.54. The maximum atomic E-state index is 9.36. The molecule has 0 aromatic rings. The monoisotopic (exact) mass is 219 g/mol. The van der Waals surface area contributed by atoms with Gasteiger partial charge in [0.2, 0.25) is 0 Å². The number of hydrogen-bond donors (Lipinski definition) is 2. The Bertz CT molecular complexity index is 141. The molecule has 0 rings (SSSR count). The zero-order valence-electron chi connectivity index (χ0n) is 10.1. The zero-order chi connectivity index (χ0) is 11.1. The number of aliphatic hydroxyl groups is 1. The van der Waals surface area contributed by atoms with Gasteiger partial charge in [0, 0.05) is 17.0 Å². The standard InChI is InChI=1S/C11H25NOS/c1-6-8(2)11(12-5)7-14-10(4)9(3)13/h8-13H,6-7H2,1-5H3. The highest BCUT2D eigenvalue weighted by molar-refractivity contribution is 7.99. The summed E-state index contributed by atoms with van der Waals surface area (Å²) in [6.45, 7) is 8.43. The lowest BCUT2D eigenvalue weighted by atomic mass is 10.0. The minimum absolute atomic E-state index is 0.213. The molecule has 0 amide bonds. The third-order valence-electron chi connectivity index (χ3n) is 2.92. The third kappa shape index (κ3) is 5.23. The van der Waals surface area contributed by atoms with Gasteiger partial charge >= 0.3 is 0 Å². The van der Waals surface area contributed by atoms with E-state index in [9.17, 15) is 5.11 Å². The van der Waals surface area contributed by atoms with Crippen molar-refractivity contribution in [1.82, 2.24) is 5.32 Å². The molecular formula is C11H25NOS. The fourth-order valence-electron chi connectivity index (χ4n) is 1.21. The number of hydrogen-bond acceptors (Lipinski definition) is 3. The Morgan fingerprint density at radius 2 is 1.86 bits per heavy atom. The molecule has 3 heteroatoms. The Balaban J connectivity index is 3.83. The summed E-state index contributed by atoms with van der Waals surface area (Å²) < 4.78 is 0. The van der Waals surface area contributed by atoms with E-state index in [-0.39, 0.29) is 6.10 Å². The van der Waals surface area contributed by atoms with Gasteiger partial charge in [-0.2, -0.15) is 11.8 Å². The van der Waals surface area contributed by atoms with Crippen molar-refractivity contribution in [2.45, 2.75) is 51.5 Å². The van der Waals surface area contributed by atoms with E-state index in [1.807, 2.05) is 25.7 Å². The van der Waals surface area contributed by atoms with Crippen molar-refractivity contribution in [1.29, 1.82) is 0 Å². The summed E-state index contributed by atoms with van der Waals surface area (Å²) in [6.07, 6.45) is 0.990. The normalized spacial score (nSPS) is 20.1. The lowest BCUT2D eigenvalue weighted by Crippen LogP contribution is -2.35. The predicted molar refractivity (Wildman–Crippen MR) is 65.9 cm³/mol. The lowest BCUT2D eigenvalue weighted by Gasteiger charge is -2.24. The van der Waals surface area contributed by atoms with E-state index in [4.69, 9.17) is 0 Å². The van der Waals surface area contributed by atoms with Crippen molar-refractivity contribution in [3.63, 3.8) is 0 Å². The minimum Gasteiger partial charge on any atom is -0.392 e. The van der Waals surface area contributed by atoms with Crippen LogP contribution in [-0.4, -0.2) is 35.3 Å². The second-order valence-corrected chi connectivity index (χ2v) is 5.47. The molecule has 0 aromatic heterocycles. The second kappa shape index (κ2) is 7.55. The van der Waals surface area contributed by atoms with Crippen LogP contribution in [0.5, 0.6) is 0 Å². The summed E-state index contributed by atoms with van der Waals surface area (Å²) in [7, 11) is 2.02. The van der Waals surface area contributed by atoms with Crippen LogP contribution in [0.1, 0.15) is 34.1 Å². The van der Waals surface area contributed by atoms with Gasteiger partial charge in [-0.05, 0) is 19.9 Å². The molecule has 14 heavy (non-hydrogen) atoms. The molecule has 2 N–H and O–H groups in total. The summed E-state index contributed by atoms with van der Waals surface area (Å²) in [5, 5.41) is 13.0. The van der Waals surface area contributed by atoms with Gasteiger partial charge in [0.25, 0.3) is 0 Å². The molecule has 0 saturated carbocycles. The molecule has 0 saturated heterocycles. The summed E-state index contributed by atoms with van der Waals surface area (Å²) in [5.74, 6) is 1.78. The molecule has 4 unspecified atom stereocenters. The van der Waals surface area contributed by atoms with Gasteiger partial charge < -0.3 is 10.4 Å². The smallest absolute Gasteiger partial charge is 0.0628 e. The SMILES string of the molecule is CCC(C)C(CSC(C)C(C)O)NC. The maximum absolute atomic E-state index is 9.36. The molecule has 0 spiro atoms. The van der Waals surface area contributed by atoms with Crippen molar-refractivity contribution >= 4 is 11.8 Å². The largest absolute Gasteiger partial charge is 0.392 e. The molecule has 2 nitrogen and oxygen atoms in total. The van der Waals surface area contributed by atoms with Crippen LogP contribution in [0.2, 0.25) is 0 Å². The van der Waals surface area contributed by atoms with Crippen molar-refractivity contribution in [3.8, 4) is 0 Å². The van der Waals surface area contributed by atoms with Crippen molar-refractivity contribution < 1.29 is 5.11 Å². The number of aliphatic hydroxyl groups excluding tert-OH is 1. The third-order valence-corrected chi connectivity index (χ3v) is 4.39. The van der Waals surface area contributed by atoms with Crippen LogP contribution in [0.25, 0.3) is 0 Å². The van der Waals surface area contributed by atoms with Gasteiger partial charge in [-0.15, -0.1) is 0 Å². The molecule has 0 aliphatic heterocycles. The fourth-order valence-corrected chi connectivity index (χ4v) is 2.50. The average molecular weight is 219 g/mol. The maximum Gasteiger partial charge on any atom is 0.0628 e. The highest BCUT2D eigenvalue weighted by Crippen LogP contribution is 2.19. The molecule has 4 atom stereocenters. The summed E-state index contributed by atoms with van der Waals surface area (Å²) >= 11 is 1.85. The summed E-state index contributed by atoms with van der Waals surface area (Å²) in [5.41, 5.74) is 0. The van der Waals surface area contributed by atoms with Crippen LogP contribution in [0.4, 0.5) is 0 Å². The van der Waals surface area contributed by atoms with Crippen LogP contribution in [-0.2, 0) is 0 Å². The highest BCUT2D eigenvalue weighted by atomic mass is 32.2. The first-order valence-electron chi connectivity index (χ1n) is 5.49. The van der Waals surface area contributed by atoms with Crippen LogP contribution in [0, 0.1) is 5.92 Å². The van der Waals surface area contributed by atoms with E-state index in [1.54, 1.807) is 0 Å². The van der Waals surface area contributed by atoms with E-state index in [1.165, 1.54) is 6.42 Å². The molecule has 0 aliphatic carbocycles. The molecule has 0 aliphatic rings. The van der Waals surface area contributed by atoms with Crippen LogP contribution < -0.4 is 5.32 Å². The molecule has 86 valence electrons. The van der Waals surface area contributed by atoms with E-state index in [0.29, 0.717) is 17.2 Å². The molecule has 0 heterocycles. The Kier molecular flexibility index (Phi) is 7.69. The van der Waals surface area contributed by atoms with Gasteiger partial charge in [-0.25, -0.2) is 0 Å². The Hall–Kier alpha value is 0.270. The van der Waals surface area contributed by atoms with Crippen molar-refractivity contribution in [3.05, 3.63) is 0 Å². The van der Waals surface area contributed by atoms with Crippen LogP contribution in [0.3, 0.4) is 0 Å². The molecule has 0 fully saturated rings. The van der Waals surface area contributed by atoms with Gasteiger partial charge in [-0.1, -0.05) is 27.2 Å². The number of thioether (sulfide) groups is 1. The predicted octanol–water partition coefficient (Wildman–Crippen LogP) is 2.12. The molecule has 0 aromatic carbocycles. The van der Waals surface area contributed by atoms with Gasteiger partial charge in [-0.3, -0.25) is 0 Å². The highest BCUT2D eigenvalue weighted by Gasteiger charge is 2.16. The van der Waals surface area contributed by atoms with Gasteiger partial charge in [0.15, 0.2) is 0 Å². The second-order valence-electron chi connectivity index (χ2n) is 4.06. The summed E-state index contributed by atoms with van der Waals surface area (Å²) in [4.78, 5) is 0. The quantitative estimate of drug-likeness (QED) is 0.688. The first-order chi connectivity index (χ1) is 6.52. The molecule has 0 bridgehead atoms. The topological polar surface area (TPSA) is 32.3 Å². The summed E-state index contributed by atoms with van der Waals surface area (Å²) in [6, 6.07) is 0.561. The van der Waals surface area contributed by atoms with E-state index >= 15 is 0 Å². The minimum atomic E-state index is -0.213. The van der Waals surface area contributed by atoms with Crippen molar-refractivity contribution in [2.75, 3.05) is 12.8 Å². The van der Waals surface area contributed by atoms with E-state index in [2.05, 4.69) is 26.1 Å².